The second-order valence-electron chi connectivity index (χ2n) is 3.47. The first kappa shape index (κ1) is 24.3. The molecule has 0 aliphatic heterocycles. The van der Waals surface area contributed by atoms with Gasteiger partial charge < -0.3 is 40.2 Å². The van der Waals surface area contributed by atoms with E-state index in [1.165, 1.54) is 18.4 Å². The highest BCUT2D eigenvalue weighted by molar-refractivity contribution is 7.64. The van der Waals surface area contributed by atoms with Crippen LogP contribution in [0.4, 0.5) is 5.95 Å². The molecule has 0 fully saturated rings. The topological polar surface area (TPSA) is 228 Å². The molecule has 0 saturated carbocycles. The fourth-order valence-electron chi connectivity index (χ4n) is 0.717. The maximum atomic E-state index is 10.6. The maximum Gasteiger partial charge on any atom is 0.320 e. The zero-order valence-electron chi connectivity index (χ0n) is 11.6. The van der Waals surface area contributed by atoms with E-state index in [9.17, 15) is 9.36 Å². The van der Waals surface area contributed by atoms with E-state index in [1.54, 1.807) is 0 Å². The smallest absolute Gasteiger partial charge is 0.320 e. The Bertz CT molecular complexity index is 458. The number of aromatic nitrogens is 3. The zero-order valence-corrected chi connectivity index (χ0v) is 13.3. The van der Waals surface area contributed by atoms with Gasteiger partial charge in [-0.2, -0.15) is 5.10 Å². The second-order valence-corrected chi connectivity index (χ2v) is 6.20. The minimum Gasteiger partial charge on any atom is -0.696 e. The summed E-state index contributed by atoms with van der Waals surface area (Å²) in [6.07, 6.45) is 1.36. The lowest BCUT2D eigenvalue weighted by Crippen LogP contribution is -2.30. The number of carbonyl (C=O) groups is 1. The van der Waals surface area contributed by atoms with E-state index in [1.807, 2.05) is 0 Å². The van der Waals surface area contributed by atoms with E-state index in [4.69, 9.17) is 26.7 Å². The largest absolute Gasteiger partial charge is 0.696 e. The summed E-state index contributed by atoms with van der Waals surface area (Å²) in [4.78, 5) is 22.4. The van der Waals surface area contributed by atoms with Crippen molar-refractivity contribution in [2.75, 3.05) is 18.6 Å². The van der Waals surface area contributed by atoms with Gasteiger partial charge in [-0.1, -0.05) is 5.40 Å². The van der Waals surface area contributed by atoms with Crippen molar-refractivity contribution in [1.82, 2.24) is 21.3 Å². The number of carboxylic acids is 1. The molecule has 1 aromatic rings. The number of hydrogen-bond donors (Lipinski definition) is 6. The van der Waals surface area contributed by atoms with Crippen LogP contribution >= 0.6 is 7.37 Å². The summed E-state index contributed by atoms with van der Waals surface area (Å²) >= 11 is 3.70. The molecular formula is C8H20N7O4PS. The monoisotopic (exact) mass is 341 g/mol. The Labute approximate surface area is 127 Å². The summed E-state index contributed by atoms with van der Waals surface area (Å²) in [7, 11) is -3.10. The second kappa shape index (κ2) is 13.2. The van der Waals surface area contributed by atoms with E-state index >= 15 is 0 Å². The fourth-order valence-corrected chi connectivity index (χ4v) is 1.47. The SMILES string of the molecule is CP(=O)(O)CCC(N)C(=O)O.N#C[S-].Nc1ncn[nH]1.[NH4+]. The third-order valence-corrected chi connectivity index (χ3v) is 2.69. The molecule has 11 nitrogen and oxygen atoms in total. The van der Waals surface area contributed by atoms with Crippen molar-refractivity contribution in [3.63, 3.8) is 0 Å². The average Bonchev–Trinajstić information content (AvgIpc) is 2.78. The van der Waals surface area contributed by atoms with Gasteiger partial charge in [-0.3, -0.25) is 9.36 Å². The van der Waals surface area contributed by atoms with Crippen molar-refractivity contribution in [2.24, 2.45) is 5.73 Å². The van der Waals surface area contributed by atoms with Gasteiger partial charge in [-0.05, 0) is 6.42 Å². The van der Waals surface area contributed by atoms with Crippen LogP contribution in [0.15, 0.2) is 6.33 Å². The molecular weight excluding hydrogens is 321 g/mol. The molecule has 0 radical (unpaired) electrons. The van der Waals surface area contributed by atoms with Gasteiger partial charge in [-0.15, -0.1) is 0 Å². The van der Waals surface area contributed by atoms with Crippen molar-refractivity contribution in [1.29, 1.82) is 5.26 Å². The number of H-pyrrole nitrogens is 1. The molecule has 0 aliphatic rings. The standard InChI is InChI=1S/C5H12NO4P.C2H4N4.CHNS.H3N/c1-11(9,10)3-2-4(6)5(7)8;3-2-4-1-5-6-2;2-1-3;/h4H,2-3,6H2,1H3,(H,7,8)(H,9,10);1H,(H3,3,4,5,6);3H;1H3. The number of anilines is 1. The Morgan fingerprint density at radius 2 is 2.19 bits per heavy atom. The number of nitrogens with zero attached hydrogens (tertiary/aromatic N) is 3. The molecule has 0 bridgehead atoms. The molecule has 0 aromatic carbocycles. The lowest BCUT2D eigenvalue weighted by Gasteiger charge is -2.07. The highest BCUT2D eigenvalue weighted by atomic mass is 32.1. The van der Waals surface area contributed by atoms with E-state index in [0.717, 1.165) is 0 Å². The van der Waals surface area contributed by atoms with Crippen LogP contribution in [0, 0.1) is 10.7 Å². The van der Waals surface area contributed by atoms with Crippen molar-refractivity contribution in [3.8, 4) is 5.40 Å². The van der Waals surface area contributed by atoms with Gasteiger partial charge in [0.1, 0.15) is 12.4 Å². The first-order valence-electron chi connectivity index (χ1n) is 5.03. The van der Waals surface area contributed by atoms with Crippen molar-refractivity contribution in [3.05, 3.63) is 6.33 Å². The number of aliphatic carboxylic acids is 1. The number of carboxylic acid groups (broad SMARTS) is 1. The van der Waals surface area contributed by atoms with E-state index in [-0.39, 0.29) is 18.7 Å². The van der Waals surface area contributed by atoms with Gasteiger partial charge in [0, 0.05) is 12.8 Å². The van der Waals surface area contributed by atoms with E-state index < -0.39 is 19.4 Å². The van der Waals surface area contributed by atoms with Gasteiger partial charge in [0.15, 0.2) is 7.37 Å². The number of quaternary nitrogens is 1. The molecule has 1 heterocycles. The Kier molecular flexibility index (Phi) is 15.3. The van der Waals surface area contributed by atoms with E-state index in [2.05, 4.69) is 27.8 Å². The zero-order chi connectivity index (χ0) is 16.2. The fraction of sp³-hybridized carbons (Fsp3) is 0.500. The van der Waals surface area contributed by atoms with E-state index in [0.29, 0.717) is 5.95 Å². The molecule has 0 saturated heterocycles. The quantitative estimate of drug-likeness (QED) is 0.233. The number of rotatable bonds is 4. The number of aromatic amines is 1. The summed E-state index contributed by atoms with van der Waals surface area (Å²) in [6.45, 7) is 1.18. The lowest BCUT2D eigenvalue weighted by atomic mass is 10.2. The normalized spacial score (nSPS) is 12.7. The number of nitrogens with two attached hydrogens (primary N) is 2. The van der Waals surface area contributed by atoms with Crippen LogP contribution in [0.5, 0.6) is 0 Å². The predicted octanol–water partition coefficient (Wildman–Crippen LogP) is -0.534. The third-order valence-electron chi connectivity index (χ3n) is 1.61. The molecule has 2 unspecified atom stereocenters. The van der Waals surface area contributed by atoms with Gasteiger partial charge in [0.05, 0.1) is 0 Å². The molecule has 21 heavy (non-hydrogen) atoms. The van der Waals surface area contributed by atoms with Crippen molar-refractivity contribution >= 4 is 31.9 Å². The van der Waals surface area contributed by atoms with Gasteiger partial charge in [0.25, 0.3) is 0 Å². The highest BCUT2D eigenvalue weighted by Crippen LogP contribution is 2.35. The highest BCUT2D eigenvalue weighted by Gasteiger charge is 2.16. The molecule has 13 heteroatoms. The summed E-state index contributed by atoms with van der Waals surface area (Å²) < 4.78 is 10.6. The number of hydrogen-bond acceptors (Lipinski definition) is 8. The van der Waals surface area contributed by atoms with Gasteiger partial charge >= 0.3 is 5.97 Å². The van der Waals surface area contributed by atoms with Crippen LogP contribution in [0.25, 0.3) is 0 Å². The van der Waals surface area contributed by atoms with Crippen LogP contribution in [-0.4, -0.2) is 50.0 Å². The molecule has 2 atom stereocenters. The minimum absolute atomic E-state index is 0. The van der Waals surface area contributed by atoms with Crippen molar-refractivity contribution in [2.45, 2.75) is 12.5 Å². The van der Waals surface area contributed by atoms with Crippen LogP contribution in [0.1, 0.15) is 6.42 Å². The molecule has 1 aromatic heterocycles. The maximum absolute atomic E-state index is 10.6. The van der Waals surface area contributed by atoms with Crippen LogP contribution in [-0.2, 0) is 22.0 Å². The Morgan fingerprint density at radius 1 is 1.71 bits per heavy atom. The predicted molar refractivity (Wildman–Crippen MR) is 80.6 cm³/mol. The van der Waals surface area contributed by atoms with Gasteiger partial charge in [0.2, 0.25) is 5.95 Å². The molecule has 0 spiro atoms. The van der Waals surface area contributed by atoms with Crippen molar-refractivity contribution < 1.29 is 19.4 Å². The number of nitrogen functional groups attached to an aromatic ring is 1. The third kappa shape index (κ3) is 20.7. The van der Waals surface area contributed by atoms with Gasteiger partial charge in [-0.25, -0.2) is 15.3 Å². The van der Waals surface area contributed by atoms with Crippen LogP contribution in [0.3, 0.4) is 0 Å². The average molecular weight is 341 g/mol. The summed E-state index contributed by atoms with van der Waals surface area (Å²) in [5.74, 6) is -0.784. The summed E-state index contributed by atoms with van der Waals surface area (Å²) in [5.41, 5.74) is 10.1. The number of nitriles is 1. The molecule has 0 aliphatic carbocycles. The first-order chi connectivity index (χ1) is 9.14. The molecule has 0 amide bonds. The first-order valence-corrected chi connectivity index (χ1v) is 7.73. The number of thiocyanates is 1. The number of nitrogens with one attached hydrogen (secondary N) is 1. The van der Waals surface area contributed by atoms with Crippen LogP contribution < -0.4 is 17.6 Å². The Morgan fingerprint density at radius 3 is 2.38 bits per heavy atom. The minimum atomic E-state index is -3.10. The van der Waals surface area contributed by atoms with Crippen LogP contribution in [0.2, 0.25) is 0 Å². The Balaban J connectivity index is -0.000000272. The molecule has 11 N–H and O–H groups in total. The Hall–Kier alpha value is -1.77. The summed E-state index contributed by atoms with van der Waals surface area (Å²) in [6, 6.07) is -1.03. The summed E-state index contributed by atoms with van der Waals surface area (Å²) in [5, 5.41) is 22.6. The molecule has 122 valence electrons. The molecule has 1 rings (SSSR count). The lowest BCUT2D eigenvalue weighted by molar-refractivity contribution is -0.138.